The normalized spacial score (nSPS) is 13.8. The number of aryl methyl sites for hydroxylation is 1. The monoisotopic (exact) mass is 610 g/mol. The lowest BCUT2D eigenvalue weighted by atomic mass is 9.87. The molecule has 1 aliphatic heterocycles. The fraction of sp³-hybridized carbons (Fsp3) is 0.306. The van der Waals surface area contributed by atoms with Crippen LogP contribution in [-0.4, -0.2) is 31.0 Å². The van der Waals surface area contributed by atoms with Crippen LogP contribution in [0, 0.1) is 0 Å². The average molecular weight is 611 g/mol. The molecule has 7 nitrogen and oxygen atoms in total. The van der Waals surface area contributed by atoms with E-state index in [1.807, 2.05) is 23.3 Å². The molecule has 0 spiro atoms. The Hall–Kier alpha value is -3.98. The molecule has 1 aliphatic rings. The van der Waals surface area contributed by atoms with Gasteiger partial charge in [0.25, 0.3) is 0 Å². The first kappa shape index (κ1) is 31.4. The van der Waals surface area contributed by atoms with Gasteiger partial charge in [0.05, 0.1) is 11.4 Å². The van der Waals surface area contributed by atoms with Gasteiger partial charge in [-0.05, 0) is 76.8 Å². The molecular formula is C36H42N4O3S. The molecule has 230 valence electrons. The Bertz CT molecular complexity index is 1680. The lowest BCUT2D eigenvalue weighted by Crippen LogP contribution is -2.28. The second-order valence-electron chi connectivity index (χ2n) is 12.1. The van der Waals surface area contributed by atoms with Crippen molar-refractivity contribution < 1.29 is 13.4 Å². The molecule has 1 heterocycles. The number of rotatable bonds is 12. The van der Waals surface area contributed by atoms with E-state index < -0.39 is 10.0 Å². The number of amidine groups is 1. The van der Waals surface area contributed by atoms with Crippen LogP contribution in [0.4, 0.5) is 0 Å². The Morgan fingerprint density at radius 2 is 1.43 bits per heavy atom. The molecule has 8 heteroatoms. The Kier molecular flexibility index (Phi) is 9.84. The highest BCUT2D eigenvalue weighted by atomic mass is 32.2. The molecule has 1 N–H and O–H groups in total. The van der Waals surface area contributed by atoms with E-state index in [2.05, 4.69) is 87.0 Å². The second-order valence-corrected chi connectivity index (χ2v) is 13.9. The highest BCUT2D eigenvalue weighted by molar-refractivity contribution is 7.89. The summed E-state index contributed by atoms with van der Waals surface area (Å²) in [4.78, 5) is 6.27. The summed E-state index contributed by atoms with van der Waals surface area (Å²) in [7, 11) is -3.57. The number of nitrogens with zero attached hydrogens (tertiary/aromatic N) is 3. The van der Waals surface area contributed by atoms with Gasteiger partial charge in [0.15, 0.2) is 5.84 Å². The van der Waals surface area contributed by atoms with Gasteiger partial charge in [0.1, 0.15) is 0 Å². The zero-order valence-corrected chi connectivity index (χ0v) is 26.8. The quantitative estimate of drug-likeness (QED) is 0.180. The highest BCUT2D eigenvalue weighted by Crippen LogP contribution is 2.25. The van der Waals surface area contributed by atoms with Crippen LogP contribution in [0.1, 0.15) is 62.8 Å². The van der Waals surface area contributed by atoms with Crippen LogP contribution in [0.15, 0.2) is 113 Å². The maximum Gasteiger partial charge on any atom is 0.240 e. The smallest absolute Gasteiger partial charge is 0.212 e. The number of benzene rings is 4. The first-order valence-electron chi connectivity index (χ1n) is 15.2. The molecule has 0 fully saturated rings. The number of sulfonamides is 1. The van der Waals surface area contributed by atoms with Crippen molar-refractivity contribution in [3.05, 3.63) is 125 Å². The van der Waals surface area contributed by atoms with E-state index in [1.54, 1.807) is 35.5 Å². The first-order chi connectivity index (χ1) is 21.1. The first-order valence-corrected chi connectivity index (χ1v) is 16.7. The Balaban J connectivity index is 1.17. The Morgan fingerprint density at radius 1 is 0.773 bits per heavy atom. The number of hydroxylamine groups is 3. The van der Waals surface area contributed by atoms with Crippen LogP contribution < -0.4 is 4.72 Å². The minimum absolute atomic E-state index is 0.127. The predicted octanol–water partition coefficient (Wildman–Crippen LogP) is 7.45. The molecule has 0 atom stereocenters. The van der Waals surface area contributed by atoms with Crippen LogP contribution in [0.5, 0.6) is 0 Å². The molecule has 0 radical (unpaired) electrons. The Labute approximate surface area is 262 Å². The van der Waals surface area contributed by atoms with E-state index in [1.165, 1.54) is 11.1 Å². The van der Waals surface area contributed by atoms with Gasteiger partial charge in [-0.15, -0.1) is 15.2 Å². The summed E-state index contributed by atoms with van der Waals surface area (Å²) >= 11 is 0. The van der Waals surface area contributed by atoms with Crippen LogP contribution in [0.25, 0.3) is 11.1 Å². The van der Waals surface area contributed by atoms with E-state index >= 15 is 0 Å². The average Bonchev–Trinajstić information content (AvgIpc) is 3.42. The third-order valence-corrected chi connectivity index (χ3v) is 9.12. The van der Waals surface area contributed by atoms with Gasteiger partial charge in [-0.25, -0.2) is 18.2 Å². The van der Waals surface area contributed by atoms with Crippen molar-refractivity contribution in [2.45, 2.75) is 70.4 Å². The van der Waals surface area contributed by atoms with E-state index in [0.29, 0.717) is 6.54 Å². The SMILES string of the molecule is CCN1ON(Cc2ccc(C(C)(C)C)cc2)N=C1CCCc1cccc(-c2cccc(CNS(=O)(=O)c3ccccc3)c2)c1. The highest BCUT2D eigenvalue weighted by Gasteiger charge is 2.23. The van der Waals surface area contributed by atoms with Gasteiger partial charge in [-0.2, -0.15) is 0 Å². The van der Waals surface area contributed by atoms with E-state index in [-0.39, 0.29) is 16.9 Å². The van der Waals surface area contributed by atoms with Crippen molar-refractivity contribution in [3.63, 3.8) is 0 Å². The summed E-state index contributed by atoms with van der Waals surface area (Å²) in [5.41, 5.74) is 6.91. The maximum absolute atomic E-state index is 12.6. The van der Waals surface area contributed by atoms with Crippen LogP contribution in [0.2, 0.25) is 0 Å². The predicted molar refractivity (Wildman–Crippen MR) is 177 cm³/mol. The fourth-order valence-electron chi connectivity index (χ4n) is 5.18. The van der Waals surface area contributed by atoms with Crippen LogP contribution >= 0.6 is 0 Å². The molecule has 0 saturated carbocycles. The van der Waals surface area contributed by atoms with E-state index in [9.17, 15) is 8.42 Å². The number of hydrazone groups is 1. The van der Waals surface area contributed by atoms with Gasteiger partial charge < -0.3 is 0 Å². The van der Waals surface area contributed by atoms with Crippen molar-refractivity contribution in [1.29, 1.82) is 0 Å². The minimum atomic E-state index is -3.57. The lowest BCUT2D eigenvalue weighted by Gasteiger charge is -2.20. The molecular weight excluding hydrogens is 568 g/mol. The van der Waals surface area contributed by atoms with Gasteiger partial charge in [0.2, 0.25) is 10.0 Å². The van der Waals surface area contributed by atoms with Crippen molar-refractivity contribution in [1.82, 2.24) is 15.0 Å². The fourth-order valence-corrected chi connectivity index (χ4v) is 6.22. The molecule has 0 bridgehead atoms. The largest absolute Gasteiger partial charge is 0.240 e. The summed E-state index contributed by atoms with van der Waals surface area (Å²) in [5.74, 6) is 0.945. The molecule has 0 saturated heterocycles. The third kappa shape index (κ3) is 8.14. The summed E-state index contributed by atoms with van der Waals surface area (Å²) in [6.07, 6.45) is 2.67. The zero-order chi connectivity index (χ0) is 31.2. The van der Waals surface area contributed by atoms with Gasteiger partial charge in [0, 0.05) is 19.5 Å². The third-order valence-electron chi connectivity index (χ3n) is 7.71. The van der Waals surface area contributed by atoms with Crippen molar-refractivity contribution in [2.24, 2.45) is 5.10 Å². The number of hydrogen-bond acceptors (Lipinski definition) is 6. The van der Waals surface area contributed by atoms with Crippen molar-refractivity contribution in [2.75, 3.05) is 6.54 Å². The molecule has 44 heavy (non-hydrogen) atoms. The summed E-state index contributed by atoms with van der Waals surface area (Å²) in [6, 6.07) is 33.7. The van der Waals surface area contributed by atoms with Gasteiger partial charge in [-0.1, -0.05) is 106 Å². The molecule has 4 aromatic carbocycles. The maximum atomic E-state index is 12.6. The molecule has 4 aromatic rings. The summed E-state index contributed by atoms with van der Waals surface area (Å²) in [6.45, 7) is 10.3. The van der Waals surface area contributed by atoms with E-state index in [4.69, 9.17) is 10.0 Å². The van der Waals surface area contributed by atoms with Crippen molar-refractivity contribution in [3.8, 4) is 11.1 Å². The standard InChI is InChI=1S/C36H42N4O3S/c1-5-39-35(38-40(43-39)27-29-20-22-33(23-21-29)36(2,3)4)19-11-13-28-12-9-15-31(24-28)32-16-10-14-30(25-32)26-37-44(41,42)34-17-7-6-8-18-34/h6-10,12,14-18,20-25,37H,5,11,13,19,26-27H2,1-4H3. The minimum Gasteiger partial charge on any atom is -0.212 e. The van der Waals surface area contributed by atoms with Crippen LogP contribution in [-0.2, 0) is 39.9 Å². The lowest BCUT2D eigenvalue weighted by molar-refractivity contribution is -0.273. The Morgan fingerprint density at radius 3 is 2.09 bits per heavy atom. The van der Waals surface area contributed by atoms with Crippen LogP contribution in [0.3, 0.4) is 0 Å². The summed E-state index contributed by atoms with van der Waals surface area (Å²) < 4.78 is 28.0. The second kappa shape index (κ2) is 13.8. The molecule has 0 aliphatic carbocycles. The topological polar surface area (TPSA) is 74.2 Å². The number of nitrogens with one attached hydrogen (secondary N) is 1. The molecule has 5 rings (SSSR count). The molecule has 0 aromatic heterocycles. The molecule has 0 unspecified atom stereocenters. The summed E-state index contributed by atoms with van der Waals surface area (Å²) in [5, 5.41) is 8.32. The van der Waals surface area contributed by atoms with Gasteiger partial charge >= 0.3 is 0 Å². The zero-order valence-electron chi connectivity index (χ0n) is 26.0. The number of hydrogen-bond donors (Lipinski definition) is 1. The van der Waals surface area contributed by atoms with E-state index in [0.717, 1.165) is 53.9 Å². The van der Waals surface area contributed by atoms with Gasteiger partial charge in [-0.3, -0.25) is 0 Å². The molecule has 0 amide bonds. The van der Waals surface area contributed by atoms with Crippen molar-refractivity contribution >= 4 is 15.9 Å².